The van der Waals surface area contributed by atoms with Gasteiger partial charge in [-0.1, -0.05) is 30.3 Å². The van der Waals surface area contributed by atoms with Gasteiger partial charge in [0.2, 0.25) is 0 Å². The molecule has 1 aliphatic heterocycles. The summed E-state index contributed by atoms with van der Waals surface area (Å²) in [6.45, 7) is 6.88. The smallest absolute Gasteiger partial charge is 0.0886 e. The first kappa shape index (κ1) is 10.7. The average Bonchev–Trinajstić information content (AvgIpc) is 2.61. The Morgan fingerprint density at radius 2 is 1.80 bits per heavy atom. The minimum Gasteiger partial charge on any atom is -0.286 e. The number of rotatable bonds is 2. The van der Waals surface area contributed by atoms with E-state index in [1.165, 1.54) is 12.1 Å². The maximum absolute atomic E-state index is 2.55. The first-order valence-electron chi connectivity index (χ1n) is 5.71. The molecule has 1 saturated heterocycles. The summed E-state index contributed by atoms with van der Waals surface area (Å²) in [7, 11) is 2.21. The average molecular weight is 204 g/mol. The Hall–Kier alpha value is -0.860. The van der Waals surface area contributed by atoms with Gasteiger partial charge in [-0.05, 0) is 26.5 Å². The molecule has 0 radical (unpaired) electrons. The summed E-state index contributed by atoms with van der Waals surface area (Å²) >= 11 is 0. The fourth-order valence-corrected chi connectivity index (χ4v) is 2.38. The molecule has 1 atom stereocenters. The van der Waals surface area contributed by atoms with E-state index in [0.29, 0.717) is 12.2 Å². The lowest BCUT2D eigenvalue weighted by Gasteiger charge is -2.31. The van der Waals surface area contributed by atoms with E-state index in [-0.39, 0.29) is 0 Å². The van der Waals surface area contributed by atoms with Crippen LogP contribution >= 0.6 is 0 Å². The van der Waals surface area contributed by atoms with Gasteiger partial charge in [-0.2, -0.15) is 0 Å². The van der Waals surface area contributed by atoms with E-state index >= 15 is 0 Å². The van der Waals surface area contributed by atoms with Crippen molar-refractivity contribution >= 4 is 0 Å². The van der Waals surface area contributed by atoms with Gasteiger partial charge in [-0.3, -0.25) is 9.80 Å². The Labute approximate surface area is 92.5 Å². The van der Waals surface area contributed by atoms with Crippen molar-refractivity contribution in [3.8, 4) is 0 Å². The molecule has 1 aromatic carbocycles. The molecule has 2 heteroatoms. The van der Waals surface area contributed by atoms with Crippen molar-refractivity contribution < 1.29 is 0 Å². The third kappa shape index (κ3) is 2.06. The second-order valence-corrected chi connectivity index (χ2v) is 4.60. The SMILES string of the molecule is CC(C)N1CCN(C)C1c1ccccc1. The maximum atomic E-state index is 2.55. The largest absolute Gasteiger partial charge is 0.286 e. The quantitative estimate of drug-likeness (QED) is 0.729. The van der Waals surface area contributed by atoms with Gasteiger partial charge in [0, 0.05) is 19.1 Å². The topological polar surface area (TPSA) is 6.48 Å². The highest BCUT2D eigenvalue weighted by Crippen LogP contribution is 2.29. The number of nitrogens with zero attached hydrogens (tertiary/aromatic N) is 2. The third-order valence-electron chi connectivity index (χ3n) is 3.20. The third-order valence-corrected chi connectivity index (χ3v) is 3.20. The van der Waals surface area contributed by atoms with Crippen LogP contribution in [-0.2, 0) is 0 Å². The predicted octanol–water partition coefficient (Wildman–Crippen LogP) is 2.34. The highest BCUT2D eigenvalue weighted by Gasteiger charge is 2.31. The lowest BCUT2D eigenvalue weighted by atomic mass is 10.1. The summed E-state index contributed by atoms with van der Waals surface area (Å²) in [6, 6.07) is 11.4. The van der Waals surface area contributed by atoms with E-state index in [4.69, 9.17) is 0 Å². The number of benzene rings is 1. The molecule has 1 aromatic rings. The zero-order chi connectivity index (χ0) is 10.8. The lowest BCUT2D eigenvalue weighted by molar-refractivity contribution is 0.129. The summed E-state index contributed by atoms with van der Waals surface area (Å²) in [5.41, 5.74) is 1.41. The second-order valence-electron chi connectivity index (χ2n) is 4.60. The number of hydrogen-bond acceptors (Lipinski definition) is 2. The Balaban J connectivity index is 2.25. The van der Waals surface area contributed by atoms with E-state index in [9.17, 15) is 0 Å². The van der Waals surface area contributed by atoms with Crippen LogP contribution in [0.2, 0.25) is 0 Å². The van der Waals surface area contributed by atoms with Gasteiger partial charge < -0.3 is 0 Å². The van der Waals surface area contributed by atoms with Crippen LogP contribution < -0.4 is 0 Å². The Kier molecular flexibility index (Phi) is 3.08. The van der Waals surface area contributed by atoms with Crippen molar-refractivity contribution in [1.82, 2.24) is 9.80 Å². The van der Waals surface area contributed by atoms with Crippen LogP contribution in [0.4, 0.5) is 0 Å². The van der Waals surface area contributed by atoms with Gasteiger partial charge >= 0.3 is 0 Å². The Morgan fingerprint density at radius 3 is 2.40 bits per heavy atom. The normalized spacial score (nSPS) is 23.9. The molecular weight excluding hydrogens is 184 g/mol. The molecule has 1 fully saturated rings. The summed E-state index contributed by atoms with van der Waals surface area (Å²) in [5.74, 6) is 0. The van der Waals surface area contributed by atoms with E-state index < -0.39 is 0 Å². The molecule has 2 nitrogen and oxygen atoms in total. The summed E-state index contributed by atoms with van der Waals surface area (Å²) in [5, 5.41) is 0. The minimum atomic E-state index is 0.464. The molecule has 0 bridgehead atoms. The lowest BCUT2D eigenvalue weighted by Crippen LogP contribution is -2.33. The second kappa shape index (κ2) is 4.33. The van der Waals surface area contributed by atoms with E-state index in [0.717, 1.165) is 6.54 Å². The Bertz CT molecular complexity index is 308. The van der Waals surface area contributed by atoms with Crippen molar-refractivity contribution in [2.24, 2.45) is 0 Å². The fourth-order valence-electron chi connectivity index (χ4n) is 2.38. The van der Waals surface area contributed by atoms with Gasteiger partial charge in [0.15, 0.2) is 0 Å². The zero-order valence-electron chi connectivity index (χ0n) is 9.85. The monoisotopic (exact) mass is 204 g/mol. The Morgan fingerprint density at radius 1 is 1.13 bits per heavy atom. The standard InChI is InChI=1S/C13H20N2/c1-11(2)15-10-9-14(3)13(15)12-7-5-4-6-8-12/h4-8,11,13H,9-10H2,1-3H3. The molecular formula is C13H20N2. The molecule has 0 N–H and O–H groups in total. The van der Waals surface area contributed by atoms with Crippen molar-refractivity contribution in [1.29, 1.82) is 0 Å². The summed E-state index contributed by atoms with van der Waals surface area (Å²) in [6.07, 6.45) is 0.464. The molecule has 1 aliphatic rings. The summed E-state index contributed by atoms with van der Waals surface area (Å²) in [4.78, 5) is 4.98. The van der Waals surface area contributed by atoms with E-state index in [2.05, 4.69) is 61.0 Å². The maximum Gasteiger partial charge on any atom is 0.0886 e. The molecule has 15 heavy (non-hydrogen) atoms. The minimum absolute atomic E-state index is 0.464. The highest BCUT2D eigenvalue weighted by molar-refractivity contribution is 5.19. The summed E-state index contributed by atoms with van der Waals surface area (Å²) < 4.78 is 0. The molecule has 0 aromatic heterocycles. The van der Waals surface area contributed by atoms with E-state index in [1.807, 2.05) is 0 Å². The molecule has 1 heterocycles. The van der Waals surface area contributed by atoms with Crippen molar-refractivity contribution in [2.45, 2.75) is 26.1 Å². The van der Waals surface area contributed by atoms with Crippen LogP contribution in [0.1, 0.15) is 25.6 Å². The van der Waals surface area contributed by atoms with Gasteiger partial charge in [-0.25, -0.2) is 0 Å². The van der Waals surface area contributed by atoms with Crippen LogP contribution in [0, 0.1) is 0 Å². The van der Waals surface area contributed by atoms with Gasteiger partial charge in [-0.15, -0.1) is 0 Å². The van der Waals surface area contributed by atoms with E-state index in [1.54, 1.807) is 0 Å². The van der Waals surface area contributed by atoms with Crippen LogP contribution in [-0.4, -0.2) is 36.0 Å². The molecule has 0 saturated carbocycles. The molecule has 82 valence electrons. The fraction of sp³-hybridized carbons (Fsp3) is 0.538. The van der Waals surface area contributed by atoms with Crippen LogP contribution in [0.5, 0.6) is 0 Å². The van der Waals surface area contributed by atoms with Crippen LogP contribution in [0.3, 0.4) is 0 Å². The zero-order valence-corrected chi connectivity index (χ0v) is 9.85. The molecule has 0 aliphatic carbocycles. The van der Waals surface area contributed by atoms with Gasteiger partial charge in [0.05, 0.1) is 6.17 Å². The van der Waals surface area contributed by atoms with Crippen molar-refractivity contribution in [2.75, 3.05) is 20.1 Å². The predicted molar refractivity (Wildman–Crippen MR) is 63.7 cm³/mol. The molecule has 2 rings (SSSR count). The molecule has 0 spiro atoms. The van der Waals surface area contributed by atoms with Crippen LogP contribution in [0.25, 0.3) is 0 Å². The molecule has 0 amide bonds. The highest BCUT2D eigenvalue weighted by atomic mass is 15.4. The molecule has 1 unspecified atom stereocenters. The first-order valence-corrected chi connectivity index (χ1v) is 5.71. The van der Waals surface area contributed by atoms with Gasteiger partial charge in [0.25, 0.3) is 0 Å². The van der Waals surface area contributed by atoms with Crippen molar-refractivity contribution in [3.05, 3.63) is 35.9 Å². The van der Waals surface area contributed by atoms with Crippen molar-refractivity contribution in [3.63, 3.8) is 0 Å². The van der Waals surface area contributed by atoms with Crippen LogP contribution in [0.15, 0.2) is 30.3 Å². The first-order chi connectivity index (χ1) is 7.20. The number of hydrogen-bond donors (Lipinski definition) is 0. The number of likely N-dealkylation sites (N-methyl/N-ethyl adjacent to an activating group) is 1. The van der Waals surface area contributed by atoms with Gasteiger partial charge in [0.1, 0.15) is 0 Å².